The van der Waals surface area contributed by atoms with Crippen molar-refractivity contribution in [1.29, 1.82) is 0 Å². The van der Waals surface area contributed by atoms with Gasteiger partial charge in [0, 0.05) is 19.3 Å². The molecule has 13 heavy (non-hydrogen) atoms. The molecule has 1 atom stereocenters. The maximum absolute atomic E-state index is 5.36. The third-order valence-corrected chi connectivity index (χ3v) is 3.18. The molecule has 0 aromatic carbocycles. The van der Waals surface area contributed by atoms with Crippen LogP contribution >= 0.6 is 17.0 Å². The van der Waals surface area contributed by atoms with E-state index in [2.05, 4.69) is 5.32 Å². The zero-order valence-electron chi connectivity index (χ0n) is 8.13. The summed E-state index contributed by atoms with van der Waals surface area (Å²) in [7, 11) is 0. The number of ether oxygens (including phenoxy) is 1. The molecule has 0 aromatic rings. The van der Waals surface area contributed by atoms with Gasteiger partial charge in [0.05, 0.1) is 0 Å². The fraction of sp³-hybridized carbons (Fsp3) is 1.00. The fourth-order valence-electron chi connectivity index (χ4n) is 2.40. The van der Waals surface area contributed by atoms with Gasteiger partial charge in [-0.25, -0.2) is 0 Å². The van der Waals surface area contributed by atoms with E-state index in [-0.39, 0.29) is 17.0 Å². The average Bonchev–Trinajstić information content (AvgIpc) is 2.21. The highest BCUT2D eigenvalue weighted by atomic mass is 79.9. The van der Waals surface area contributed by atoms with E-state index in [4.69, 9.17) is 4.74 Å². The molecule has 2 rings (SSSR count). The van der Waals surface area contributed by atoms with E-state index in [9.17, 15) is 0 Å². The van der Waals surface area contributed by atoms with Gasteiger partial charge in [-0.2, -0.15) is 0 Å². The number of hydrogen-bond donors (Lipinski definition) is 1. The smallest absolute Gasteiger partial charge is 0.0469 e. The molecule has 0 radical (unpaired) electrons. The maximum atomic E-state index is 5.36. The molecule has 1 N–H and O–H groups in total. The highest BCUT2D eigenvalue weighted by Gasteiger charge is 2.24. The SMILES string of the molecule is Br.C1CCC(C2CCOCC2)NC1. The quantitative estimate of drug-likeness (QED) is 0.769. The van der Waals surface area contributed by atoms with Crippen LogP contribution in [-0.4, -0.2) is 25.8 Å². The van der Waals surface area contributed by atoms with Crippen LogP contribution in [0.25, 0.3) is 0 Å². The van der Waals surface area contributed by atoms with E-state index in [1.165, 1.54) is 38.6 Å². The van der Waals surface area contributed by atoms with Crippen LogP contribution < -0.4 is 5.32 Å². The van der Waals surface area contributed by atoms with Gasteiger partial charge in [-0.3, -0.25) is 0 Å². The Hall–Kier alpha value is 0.400. The minimum Gasteiger partial charge on any atom is -0.381 e. The highest BCUT2D eigenvalue weighted by molar-refractivity contribution is 8.93. The lowest BCUT2D eigenvalue weighted by Gasteiger charge is -2.33. The van der Waals surface area contributed by atoms with Gasteiger partial charge < -0.3 is 10.1 Å². The van der Waals surface area contributed by atoms with Crippen LogP contribution in [0.2, 0.25) is 0 Å². The van der Waals surface area contributed by atoms with Gasteiger partial charge in [0.2, 0.25) is 0 Å². The Labute approximate surface area is 91.2 Å². The van der Waals surface area contributed by atoms with E-state index in [1.807, 2.05) is 0 Å². The predicted octanol–water partition coefficient (Wildman–Crippen LogP) is 2.13. The second kappa shape index (κ2) is 5.99. The normalized spacial score (nSPS) is 30.9. The molecule has 2 fully saturated rings. The Kier molecular flexibility index (Phi) is 5.29. The van der Waals surface area contributed by atoms with E-state index in [1.54, 1.807) is 0 Å². The summed E-state index contributed by atoms with van der Waals surface area (Å²) < 4.78 is 5.36. The molecule has 0 aliphatic carbocycles. The summed E-state index contributed by atoms with van der Waals surface area (Å²) in [5.74, 6) is 0.902. The summed E-state index contributed by atoms with van der Waals surface area (Å²) in [6.45, 7) is 3.22. The Morgan fingerprint density at radius 2 is 1.77 bits per heavy atom. The first-order chi connectivity index (χ1) is 5.97. The number of piperidine rings is 1. The van der Waals surface area contributed by atoms with Gasteiger partial charge in [0.25, 0.3) is 0 Å². The summed E-state index contributed by atoms with van der Waals surface area (Å²) in [6, 6.07) is 0.808. The van der Waals surface area contributed by atoms with Crippen molar-refractivity contribution in [3.63, 3.8) is 0 Å². The van der Waals surface area contributed by atoms with E-state index in [0.29, 0.717) is 0 Å². The lowest BCUT2D eigenvalue weighted by atomic mass is 9.87. The molecular weight excluding hydrogens is 230 g/mol. The molecular formula is C10H20BrNO. The molecule has 2 aliphatic rings. The van der Waals surface area contributed by atoms with Crippen LogP contribution in [0.1, 0.15) is 32.1 Å². The third-order valence-electron chi connectivity index (χ3n) is 3.18. The second-order valence-electron chi connectivity index (χ2n) is 4.01. The van der Waals surface area contributed by atoms with Crippen molar-refractivity contribution in [1.82, 2.24) is 5.32 Å². The average molecular weight is 250 g/mol. The largest absolute Gasteiger partial charge is 0.381 e. The Bertz CT molecular complexity index is 115. The van der Waals surface area contributed by atoms with Gasteiger partial charge >= 0.3 is 0 Å². The monoisotopic (exact) mass is 249 g/mol. The second-order valence-corrected chi connectivity index (χ2v) is 4.01. The molecule has 78 valence electrons. The predicted molar refractivity (Wildman–Crippen MR) is 59.5 cm³/mol. The maximum Gasteiger partial charge on any atom is 0.0469 e. The van der Waals surface area contributed by atoms with Gasteiger partial charge in [0.1, 0.15) is 0 Å². The van der Waals surface area contributed by atoms with E-state index >= 15 is 0 Å². The molecule has 2 saturated heterocycles. The van der Waals surface area contributed by atoms with Gasteiger partial charge in [-0.1, -0.05) is 6.42 Å². The number of rotatable bonds is 1. The zero-order chi connectivity index (χ0) is 8.23. The lowest BCUT2D eigenvalue weighted by Crippen LogP contribution is -2.42. The van der Waals surface area contributed by atoms with Crippen molar-refractivity contribution in [3.8, 4) is 0 Å². The number of halogens is 1. The van der Waals surface area contributed by atoms with Crippen LogP contribution in [0.3, 0.4) is 0 Å². The molecule has 0 bridgehead atoms. The van der Waals surface area contributed by atoms with Crippen molar-refractivity contribution in [2.24, 2.45) is 5.92 Å². The molecule has 0 saturated carbocycles. The van der Waals surface area contributed by atoms with Gasteiger partial charge in [-0.15, -0.1) is 17.0 Å². The molecule has 2 nitrogen and oxygen atoms in total. The summed E-state index contributed by atoms with van der Waals surface area (Å²) in [5.41, 5.74) is 0. The van der Waals surface area contributed by atoms with Crippen LogP contribution in [0.4, 0.5) is 0 Å². The molecule has 3 heteroatoms. The van der Waals surface area contributed by atoms with Crippen molar-refractivity contribution in [2.75, 3.05) is 19.8 Å². The first-order valence-electron chi connectivity index (χ1n) is 5.28. The summed E-state index contributed by atoms with van der Waals surface area (Å²) >= 11 is 0. The van der Waals surface area contributed by atoms with E-state index < -0.39 is 0 Å². The summed E-state index contributed by atoms with van der Waals surface area (Å²) in [6.07, 6.45) is 6.74. The topological polar surface area (TPSA) is 21.3 Å². The number of hydrogen-bond acceptors (Lipinski definition) is 2. The van der Waals surface area contributed by atoms with Crippen LogP contribution in [0.5, 0.6) is 0 Å². The molecule has 0 spiro atoms. The molecule has 2 heterocycles. The fourth-order valence-corrected chi connectivity index (χ4v) is 2.40. The number of nitrogens with one attached hydrogen (secondary N) is 1. The minimum atomic E-state index is 0. The summed E-state index contributed by atoms with van der Waals surface area (Å²) in [4.78, 5) is 0. The Morgan fingerprint density at radius 1 is 1.00 bits per heavy atom. The summed E-state index contributed by atoms with van der Waals surface area (Å²) in [5, 5.41) is 3.63. The van der Waals surface area contributed by atoms with Crippen molar-refractivity contribution in [3.05, 3.63) is 0 Å². The van der Waals surface area contributed by atoms with Gasteiger partial charge in [-0.05, 0) is 38.1 Å². The van der Waals surface area contributed by atoms with Crippen molar-refractivity contribution >= 4 is 17.0 Å². The minimum absolute atomic E-state index is 0. The van der Waals surface area contributed by atoms with Crippen LogP contribution in [0.15, 0.2) is 0 Å². The van der Waals surface area contributed by atoms with Crippen LogP contribution in [-0.2, 0) is 4.74 Å². The Morgan fingerprint density at radius 3 is 2.38 bits per heavy atom. The van der Waals surface area contributed by atoms with E-state index in [0.717, 1.165) is 25.2 Å². The zero-order valence-corrected chi connectivity index (χ0v) is 9.84. The molecule has 2 aliphatic heterocycles. The third kappa shape index (κ3) is 3.22. The molecule has 0 aromatic heterocycles. The first-order valence-corrected chi connectivity index (χ1v) is 5.28. The Balaban J connectivity index is 0.000000845. The van der Waals surface area contributed by atoms with Crippen LogP contribution in [0, 0.1) is 5.92 Å². The highest BCUT2D eigenvalue weighted by Crippen LogP contribution is 2.23. The first kappa shape index (κ1) is 11.5. The standard InChI is InChI=1S/C10H19NO.BrH/c1-2-6-11-10(3-1)9-4-7-12-8-5-9;/h9-11H,1-8H2;1H. The van der Waals surface area contributed by atoms with Crippen molar-refractivity contribution in [2.45, 2.75) is 38.1 Å². The van der Waals surface area contributed by atoms with Crippen molar-refractivity contribution < 1.29 is 4.74 Å². The van der Waals surface area contributed by atoms with Gasteiger partial charge in [0.15, 0.2) is 0 Å². The molecule has 1 unspecified atom stereocenters. The lowest BCUT2D eigenvalue weighted by molar-refractivity contribution is 0.0500. The molecule has 0 amide bonds.